The Morgan fingerprint density at radius 3 is 2.17 bits per heavy atom. The van der Waals surface area contributed by atoms with Crippen LogP contribution in [0.5, 0.6) is 0 Å². The second kappa shape index (κ2) is 3.47. The second-order valence-electron chi connectivity index (χ2n) is 3.29. The fraction of sp³-hybridized carbons (Fsp3) is 0.400. The van der Waals surface area contributed by atoms with E-state index in [-0.39, 0.29) is 0 Å². The first-order valence-corrected chi connectivity index (χ1v) is 16.0. The van der Waals surface area contributed by atoms with E-state index in [1.165, 1.54) is 13.4 Å². The van der Waals surface area contributed by atoms with E-state index in [4.69, 9.17) is 0 Å². The Kier molecular flexibility index (Phi) is 2.69. The zero-order chi connectivity index (χ0) is 8.60. The number of rotatable bonds is 1. The quantitative estimate of drug-likeness (QED) is 0.512. The topological polar surface area (TPSA) is 0 Å². The molecule has 1 aromatic rings. The van der Waals surface area contributed by atoms with Gasteiger partial charge in [-0.2, -0.15) is 0 Å². The minimum absolute atomic E-state index is 1.41. The van der Waals surface area contributed by atoms with Crippen LogP contribution in [-0.2, 0) is 8.94 Å². The average molecular weight is 388 g/mol. The molecule has 1 heterocycles. The van der Waals surface area contributed by atoms with Crippen molar-refractivity contribution in [2.45, 2.75) is 20.3 Å². The van der Waals surface area contributed by atoms with Crippen molar-refractivity contribution in [2.75, 3.05) is 0 Å². The van der Waals surface area contributed by atoms with Gasteiger partial charge in [0.15, 0.2) is 0 Å². The molecule has 0 N–H and O–H groups in total. The molecule has 1 aromatic carbocycles. The van der Waals surface area contributed by atoms with E-state index in [1.807, 2.05) is 0 Å². The van der Waals surface area contributed by atoms with Crippen molar-refractivity contribution < 1.29 is 0 Å². The Labute approximate surface area is 87.8 Å². The molecule has 1 aliphatic rings. The van der Waals surface area contributed by atoms with Crippen LogP contribution in [0.2, 0.25) is 4.47 Å². The molecule has 0 amide bonds. The monoisotopic (exact) mass is 390 g/mol. The maximum atomic E-state index is 2.81. The van der Waals surface area contributed by atoms with Gasteiger partial charge in [0.25, 0.3) is 0 Å². The van der Waals surface area contributed by atoms with Crippen LogP contribution in [0.4, 0.5) is 0 Å². The summed E-state index contributed by atoms with van der Waals surface area (Å²) in [5.74, 6) is 0. The zero-order valence-corrected chi connectivity index (χ0v) is 11.7. The molecule has 66 valence electrons. The molecule has 2 rings (SSSR count). The maximum absolute atomic E-state index is 2.81. The predicted molar refractivity (Wildman–Crippen MR) is 64.1 cm³/mol. The van der Waals surface area contributed by atoms with Gasteiger partial charge in [-0.05, 0) is 0 Å². The van der Waals surface area contributed by atoms with Crippen molar-refractivity contribution in [3.8, 4) is 0 Å². The van der Waals surface area contributed by atoms with Gasteiger partial charge in [-0.25, -0.2) is 0 Å². The van der Waals surface area contributed by atoms with Crippen LogP contribution < -0.4 is 0 Å². The first kappa shape index (κ1) is 9.30. The average Bonchev–Trinajstić information content (AvgIpc) is 2.42. The van der Waals surface area contributed by atoms with Gasteiger partial charge in [0.05, 0.1) is 0 Å². The molecular formula is C10H13ITe. The van der Waals surface area contributed by atoms with E-state index in [0.717, 1.165) is 0 Å². The van der Waals surface area contributed by atoms with Crippen molar-refractivity contribution >= 4 is 32.9 Å². The third-order valence-electron chi connectivity index (χ3n) is 2.46. The number of benzene rings is 1. The Bertz CT molecular complexity index is 271. The number of fused-ring (bicyclic) bond motifs is 1. The Morgan fingerprint density at radius 2 is 1.75 bits per heavy atom. The standard InChI is InChI=1S/C10H13ITe/c1-2-12(11)7-9-5-3-4-6-10(9)8-12/h3-6H,2,7-8H2,1H3. The van der Waals surface area contributed by atoms with Gasteiger partial charge in [-0.3, -0.25) is 0 Å². The summed E-state index contributed by atoms with van der Waals surface area (Å²) in [6.45, 7) is 2.37. The van der Waals surface area contributed by atoms with Crippen LogP contribution in [0, 0.1) is 0 Å². The molecule has 12 heavy (non-hydrogen) atoms. The first-order valence-electron chi connectivity index (χ1n) is 4.26. The van der Waals surface area contributed by atoms with Gasteiger partial charge in [0.1, 0.15) is 0 Å². The molecule has 0 nitrogen and oxygen atoms in total. The summed E-state index contributed by atoms with van der Waals surface area (Å²) in [5.41, 5.74) is 3.30. The molecular weight excluding hydrogens is 375 g/mol. The van der Waals surface area contributed by atoms with Crippen LogP contribution in [-0.4, -0.2) is 14.2 Å². The predicted octanol–water partition coefficient (Wildman–Crippen LogP) is 3.26. The number of hydrogen-bond acceptors (Lipinski definition) is 0. The van der Waals surface area contributed by atoms with E-state index in [0.29, 0.717) is 0 Å². The molecule has 0 radical (unpaired) electrons. The summed E-state index contributed by atoms with van der Waals surface area (Å²) >= 11 is 1.40. The molecule has 0 saturated carbocycles. The van der Waals surface area contributed by atoms with Crippen molar-refractivity contribution in [2.24, 2.45) is 0 Å². The molecule has 0 bridgehead atoms. The van der Waals surface area contributed by atoms with E-state index in [9.17, 15) is 0 Å². The molecule has 1 aliphatic heterocycles. The molecule has 0 fully saturated rings. The fourth-order valence-electron chi connectivity index (χ4n) is 1.65. The molecule has 0 atom stereocenters. The fourth-order valence-corrected chi connectivity index (χ4v) is 12.4. The van der Waals surface area contributed by atoms with Crippen LogP contribution >= 0.6 is 18.7 Å². The van der Waals surface area contributed by atoms with Crippen LogP contribution in [0.15, 0.2) is 24.3 Å². The van der Waals surface area contributed by atoms with Crippen molar-refractivity contribution in [1.29, 1.82) is 0 Å². The molecule has 2 heteroatoms. The van der Waals surface area contributed by atoms with Crippen LogP contribution in [0.1, 0.15) is 18.1 Å². The summed E-state index contributed by atoms with van der Waals surface area (Å²) in [4.78, 5) is 0. The van der Waals surface area contributed by atoms with Crippen LogP contribution in [0.3, 0.4) is 0 Å². The molecule has 0 aliphatic carbocycles. The molecule has 0 saturated heterocycles. The first-order chi connectivity index (χ1) is 5.73. The Balaban J connectivity index is 2.33. The third kappa shape index (κ3) is 1.66. The normalized spacial score (nSPS) is 21.8. The van der Waals surface area contributed by atoms with E-state index in [1.54, 1.807) is 11.1 Å². The SMILES string of the molecule is CC[Te]1(I)Cc2ccccc2C1. The number of hydrogen-bond donors (Lipinski definition) is 0. The second-order valence-corrected chi connectivity index (χ2v) is 24.5. The van der Waals surface area contributed by atoms with E-state index in [2.05, 4.69) is 49.9 Å². The molecule has 0 spiro atoms. The summed E-state index contributed by atoms with van der Waals surface area (Å²) in [6.07, 6.45) is 0. The van der Waals surface area contributed by atoms with Gasteiger partial charge < -0.3 is 0 Å². The van der Waals surface area contributed by atoms with Crippen LogP contribution in [0.25, 0.3) is 0 Å². The van der Waals surface area contributed by atoms with Gasteiger partial charge >= 0.3 is 88.7 Å². The van der Waals surface area contributed by atoms with E-state index < -0.39 is 14.2 Å². The summed E-state index contributed by atoms with van der Waals surface area (Å²) in [7, 11) is 0. The van der Waals surface area contributed by atoms with Crippen molar-refractivity contribution in [3.63, 3.8) is 0 Å². The Hall–Kier alpha value is 0.740. The van der Waals surface area contributed by atoms with Crippen molar-refractivity contribution in [1.82, 2.24) is 0 Å². The molecule has 0 unspecified atom stereocenters. The van der Waals surface area contributed by atoms with Gasteiger partial charge in [0, 0.05) is 0 Å². The van der Waals surface area contributed by atoms with Gasteiger partial charge in [-0.15, -0.1) is 0 Å². The summed E-state index contributed by atoms with van der Waals surface area (Å²) in [5, 5.41) is 0. The summed E-state index contributed by atoms with van der Waals surface area (Å²) < 4.78 is 4.38. The number of halogens is 1. The van der Waals surface area contributed by atoms with E-state index >= 15 is 0 Å². The third-order valence-corrected chi connectivity index (χ3v) is 18.5. The van der Waals surface area contributed by atoms with Gasteiger partial charge in [-0.1, -0.05) is 0 Å². The summed E-state index contributed by atoms with van der Waals surface area (Å²) in [6, 6.07) is 8.99. The zero-order valence-electron chi connectivity index (χ0n) is 7.22. The van der Waals surface area contributed by atoms with Crippen molar-refractivity contribution in [3.05, 3.63) is 35.4 Å². The Morgan fingerprint density at radius 1 is 1.25 bits per heavy atom. The minimum atomic E-state index is -1.41. The molecule has 0 aromatic heterocycles. The van der Waals surface area contributed by atoms with Gasteiger partial charge in [0.2, 0.25) is 0 Å².